The molecule has 1 aromatic heterocycles. The Hall–Kier alpha value is -2.00. The van der Waals surface area contributed by atoms with Crippen LogP contribution in [0, 0.1) is 11.8 Å². The van der Waals surface area contributed by atoms with Crippen LogP contribution >= 0.6 is 0 Å². The van der Waals surface area contributed by atoms with Crippen LogP contribution in [-0.4, -0.2) is 55.3 Å². The number of carbonyl (C=O) groups excluding carboxylic acids is 2. The maximum Gasteiger partial charge on any atom is 0.309 e. The summed E-state index contributed by atoms with van der Waals surface area (Å²) in [5, 5.41) is 2.90. The molecule has 0 aromatic carbocycles. The van der Waals surface area contributed by atoms with Gasteiger partial charge in [-0.15, -0.1) is 0 Å². The maximum absolute atomic E-state index is 12.7. The number of piperidine rings is 1. The molecule has 1 aromatic rings. The molecule has 1 saturated carbocycles. The molecule has 1 N–H and O–H groups in total. The highest BCUT2D eigenvalue weighted by atomic mass is 32.2. The molecular weight excluding hydrogens is 406 g/mol. The van der Waals surface area contributed by atoms with Crippen molar-refractivity contribution < 1.29 is 22.7 Å². The van der Waals surface area contributed by atoms with Crippen molar-refractivity contribution in [1.29, 1.82) is 0 Å². The number of esters is 1. The Morgan fingerprint density at radius 3 is 2.53 bits per heavy atom. The van der Waals surface area contributed by atoms with Crippen LogP contribution in [0.1, 0.15) is 51.9 Å². The monoisotopic (exact) mass is 437 g/mol. The molecule has 0 radical (unpaired) electrons. The molecule has 0 spiro atoms. The van der Waals surface area contributed by atoms with E-state index in [2.05, 4.69) is 10.3 Å². The van der Waals surface area contributed by atoms with Gasteiger partial charge in [0.1, 0.15) is 4.90 Å². The first-order valence-corrected chi connectivity index (χ1v) is 12.2. The van der Waals surface area contributed by atoms with Crippen LogP contribution in [0.15, 0.2) is 29.4 Å². The summed E-state index contributed by atoms with van der Waals surface area (Å²) in [6.45, 7) is 2.68. The van der Waals surface area contributed by atoms with Gasteiger partial charge in [0.25, 0.3) is 5.91 Å². The molecule has 8 nitrogen and oxygen atoms in total. The standard InChI is InChI=1S/C21H31N3O5S/c1-16(20(25)23-14-17-6-3-2-4-7-17)29-21(26)18-9-12-24(13-10-18)30(27,28)19-8-5-11-22-15-19/h5,8,11,15-18H,2-4,6-7,9-10,12-14H2,1H3,(H,23,25). The van der Waals surface area contributed by atoms with Gasteiger partial charge in [0.05, 0.1) is 5.92 Å². The fourth-order valence-corrected chi connectivity index (χ4v) is 5.52. The molecule has 1 saturated heterocycles. The first-order chi connectivity index (χ1) is 14.4. The van der Waals surface area contributed by atoms with Crippen molar-refractivity contribution in [3.05, 3.63) is 24.5 Å². The summed E-state index contributed by atoms with van der Waals surface area (Å²) in [6.07, 6.45) is 8.68. The topological polar surface area (TPSA) is 106 Å². The number of pyridine rings is 1. The Morgan fingerprint density at radius 1 is 1.20 bits per heavy atom. The average molecular weight is 438 g/mol. The molecule has 1 atom stereocenters. The molecular formula is C21H31N3O5S. The van der Waals surface area contributed by atoms with Gasteiger partial charge >= 0.3 is 5.97 Å². The molecule has 1 unspecified atom stereocenters. The Bertz CT molecular complexity index is 816. The number of nitrogens with zero attached hydrogens (tertiary/aromatic N) is 2. The predicted octanol–water partition coefficient (Wildman–Crippen LogP) is 2.11. The SMILES string of the molecule is CC(OC(=O)C1CCN(S(=O)(=O)c2cccnc2)CC1)C(=O)NCC1CCCCC1. The number of rotatable bonds is 7. The van der Waals surface area contributed by atoms with Crippen LogP contribution in [0.2, 0.25) is 0 Å². The predicted molar refractivity (Wildman–Crippen MR) is 111 cm³/mol. The van der Waals surface area contributed by atoms with Crippen LogP contribution in [0.4, 0.5) is 0 Å². The van der Waals surface area contributed by atoms with Gasteiger partial charge in [-0.2, -0.15) is 4.31 Å². The van der Waals surface area contributed by atoms with Crippen LogP contribution in [0.5, 0.6) is 0 Å². The molecule has 9 heteroatoms. The highest BCUT2D eigenvalue weighted by molar-refractivity contribution is 7.89. The molecule has 2 fully saturated rings. The van der Waals surface area contributed by atoms with E-state index in [1.807, 2.05) is 0 Å². The Labute approximate surface area is 178 Å². The minimum absolute atomic E-state index is 0.147. The fraction of sp³-hybridized carbons (Fsp3) is 0.667. The van der Waals surface area contributed by atoms with Crippen molar-refractivity contribution in [2.45, 2.75) is 62.9 Å². The highest BCUT2D eigenvalue weighted by Crippen LogP contribution is 2.25. The Kier molecular flexibility index (Phi) is 7.82. The van der Waals surface area contributed by atoms with Crippen LogP contribution in [0.3, 0.4) is 0 Å². The molecule has 30 heavy (non-hydrogen) atoms. The molecule has 3 rings (SSSR count). The number of carbonyl (C=O) groups is 2. The number of nitrogens with one attached hydrogen (secondary N) is 1. The lowest BCUT2D eigenvalue weighted by atomic mass is 9.89. The molecule has 1 aliphatic heterocycles. The quantitative estimate of drug-likeness (QED) is 0.655. The second-order valence-electron chi connectivity index (χ2n) is 8.20. The Morgan fingerprint density at radius 2 is 1.90 bits per heavy atom. The third kappa shape index (κ3) is 5.78. The zero-order valence-corrected chi connectivity index (χ0v) is 18.3. The summed E-state index contributed by atoms with van der Waals surface area (Å²) in [4.78, 5) is 28.7. The number of hydrogen-bond acceptors (Lipinski definition) is 6. The second-order valence-corrected chi connectivity index (χ2v) is 10.1. The van der Waals surface area contributed by atoms with Crippen molar-refractivity contribution in [1.82, 2.24) is 14.6 Å². The summed E-state index contributed by atoms with van der Waals surface area (Å²) in [5.41, 5.74) is 0. The van der Waals surface area contributed by atoms with E-state index in [4.69, 9.17) is 4.74 Å². The van der Waals surface area contributed by atoms with E-state index in [-0.39, 0.29) is 23.9 Å². The fourth-order valence-electron chi connectivity index (χ4n) is 4.08. The number of ether oxygens (including phenoxy) is 1. The van der Waals surface area contributed by atoms with Crippen molar-refractivity contribution in [2.24, 2.45) is 11.8 Å². The zero-order valence-electron chi connectivity index (χ0n) is 17.5. The second kappa shape index (κ2) is 10.3. The summed E-state index contributed by atoms with van der Waals surface area (Å²) >= 11 is 0. The lowest BCUT2D eigenvalue weighted by molar-refractivity contribution is -0.159. The van der Waals surface area contributed by atoms with Gasteiger partial charge in [-0.25, -0.2) is 8.42 Å². The molecule has 2 heterocycles. The molecule has 1 aliphatic carbocycles. The van der Waals surface area contributed by atoms with Gasteiger partial charge < -0.3 is 10.1 Å². The van der Waals surface area contributed by atoms with Gasteiger partial charge in [-0.1, -0.05) is 19.3 Å². The lowest BCUT2D eigenvalue weighted by Gasteiger charge is -2.30. The van der Waals surface area contributed by atoms with Gasteiger partial charge in [0, 0.05) is 32.0 Å². The van der Waals surface area contributed by atoms with Crippen molar-refractivity contribution >= 4 is 21.9 Å². The summed E-state index contributed by atoms with van der Waals surface area (Å²) in [7, 11) is -3.61. The van der Waals surface area contributed by atoms with E-state index >= 15 is 0 Å². The number of aromatic nitrogens is 1. The first kappa shape index (κ1) is 22.7. The first-order valence-electron chi connectivity index (χ1n) is 10.8. The third-order valence-electron chi connectivity index (χ3n) is 6.01. The smallest absolute Gasteiger partial charge is 0.309 e. The van der Waals surface area contributed by atoms with Crippen molar-refractivity contribution in [3.63, 3.8) is 0 Å². The summed E-state index contributed by atoms with van der Waals surface area (Å²) in [6, 6.07) is 3.09. The average Bonchev–Trinajstić information content (AvgIpc) is 2.78. The number of hydrogen-bond donors (Lipinski definition) is 1. The van der Waals surface area contributed by atoms with Crippen LogP contribution < -0.4 is 5.32 Å². The zero-order chi connectivity index (χ0) is 21.6. The molecule has 0 bridgehead atoms. The van der Waals surface area contributed by atoms with Crippen LogP contribution in [0.25, 0.3) is 0 Å². The van der Waals surface area contributed by atoms with Gasteiger partial charge in [-0.3, -0.25) is 14.6 Å². The molecule has 1 amide bonds. The van der Waals surface area contributed by atoms with Gasteiger partial charge in [0.15, 0.2) is 6.10 Å². The molecule has 2 aliphatic rings. The maximum atomic E-state index is 12.7. The third-order valence-corrected chi connectivity index (χ3v) is 7.89. The van der Waals surface area contributed by atoms with E-state index in [9.17, 15) is 18.0 Å². The van der Waals surface area contributed by atoms with Crippen molar-refractivity contribution in [2.75, 3.05) is 19.6 Å². The van der Waals surface area contributed by atoms with Gasteiger partial charge in [-0.05, 0) is 50.7 Å². The van der Waals surface area contributed by atoms with E-state index < -0.39 is 28.0 Å². The number of amides is 1. The summed E-state index contributed by atoms with van der Waals surface area (Å²) in [5.74, 6) is -0.602. The van der Waals surface area contributed by atoms with Gasteiger partial charge in [0.2, 0.25) is 10.0 Å². The van der Waals surface area contributed by atoms with E-state index in [0.29, 0.717) is 25.3 Å². The minimum Gasteiger partial charge on any atom is -0.452 e. The highest BCUT2D eigenvalue weighted by Gasteiger charge is 2.34. The molecule has 166 valence electrons. The van der Waals surface area contributed by atoms with E-state index in [0.717, 1.165) is 12.8 Å². The summed E-state index contributed by atoms with van der Waals surface area (Å²) < 4.78 is 32.0. The van der Waals surface area contributed by atoms with E-state index in [1.165, 1.54) is 42.0 Å². The normalized spacial score (nSPS) is 20.4. The van der Waals surface area contributed by atoms with Crippen LogP contribution in [-0.2, 0) is 24.3 Å². The minimum atomic E-state index is -3.61. The van der Waals surface area contributed by atoms with Crippen molar-refractivity contribution in [3.8, 4) is 0 Å². The lowest BCUT2D eigenvalue weighted by Crippen LogP contribution is -2.43. The van der Waals surface area contributed by atoms with E-state index in [1.54, 1.807) is 13.0 Å². The largest absolute Gasteiger partial charge is 0.452 e. The number of sulfonamides is 1. The Balaban J connectivity index is 1.44.